The van der Waals surface area contributed by atoms with Gasteiger partial charge in [0.05, 0.1) is 13.2 Å². The molecule has 0 saturated carbocycles. The maximum absolute atomic E-state index is 13.3. The molecular formula is C19H21FN2O2. The van der Waals surface area contributed by atoms with Crippen LogP contribution in [0.5, 0.6) is 0 Å². The molecule has 4 nitrogen and oxygen atoms in total. The second kappa shape index (κ2) is 7.45. The Labute approximate surface area is 141 Å². The van der Waals surface area contributed by atoms with Gasteiger partial charge in [0.15, 0.2) is 0 Å². The lowest BCUT2D eigenvalue weighted by molar-refractivity contribution is 0.0303. The van der Waals surface area contributed by atoms with E-state index < -0.39 is 0 Å². The van der Waals surface area contributed by atoms with Crippen LogP contribution < -0.4 is 5.32 Å². The topological polar surface area (TPSA) is 41.6 Å². The fourth-order valence-electron chi connectivity index (χ4n) is 2.71. The molecule has 1 aliphatic heterocycles. The Morgan fingerprint density at radius 2 is 1.88 bits per heavy atom. The lowest BCUT2D eigenvalue weighted by Gasteiger charge is -2.26. The molecule has 0 atom stereocenters. The van der Waals surface area contributed by atoms with E-state index in [1.54, 1.807) is 12.1 Å². The van der Waals surface area contributed by atoms with Gasteiger partial charge in [0.1, 0.15) is 5.82 Å². The van der Waals surface area contributed by atoms with E-state index >= 15 is 0 Å². The van der Waals surface area contributed by atoms with Crippen LogP contribution in [-0.4, -0.2) is 37.1 Å². The SMILES string of the molecule is Cc1ccc(F)cc1CNc1ccc(C(=O)N2CCOCC2)cc1. The molecule has 126 valence electrons. The number of ether oxygens (including phenoxy) is 1. The van der Waals surface area contributed by atoms with Gasteiger partial charge in [0.2, 0.25) is 0 Å². The molecule has 0 radical (unpaired) electrons. The minimum absolute atomic E-state index is 0.0332. The van der Waals surface area contributed by atoms with Gasteiger partial charge >= 0.3 is 0 Å². The number of morpholine rings is 1. The average Bonchev–Trinajstić information content (AvgIpc) is 2.63. The number of hydrogen-bond acceptors (Lipinski definition) is 3. The molecule has 0 aromatic heterocycles. The van der Waals surface area contributed by atoms with Gasteiger partial charge in [-0.3, -0.25) is 4.79 Å². The highest BCUT2D eigenvalue weighted by Gasteiger charge is 2.18. The lowest BCUT2D eigenvalue weighted by atomic mass is 10.1. The van der Waals surface area contributed by atoms with E-state index in [0.29, 0.717) is 38.4 Å². The molecule has 1 amide bonds. The predicted octanol–water partition coefficient (Wildman–Crippen LogP) is 3.22. The molecule has 0 bridgehead atoms. The summed E-state index contributed by atoms with van der Waals surface area (Å²) in [6.07, 6.45) is 0. The maximum Gasteiger partial charge on any atom is 0.254 e. The zero-order valence-corrected chi connectivity index (χ0v) is 13.7. The van der Waals surface area contributed by atoms with E-state index in [2.05, 4.69) is 5.32 Å². The van der Waals surface area contributed by atoms with E-state index in [1.165, 1.54) is 6.07 Å². The van der Waals surface area contributed by atoms with E-state index in [-0.39, 0.29) is 11.7 Å². The van der Waals surface area contributed by atoms with Gasteiger partial charge in [-0.2, -0.15) is 0 Å². The second-order valence-corrected chi connectivity index (χ2v) is 5.91. The molecule has 1 fully saturated rings. The minimum Gasteiger partial charge on any atom is -0.381 e. The highest BCUT2D eigenvalue weighted by atomic mass is 19.1. The molecule has 1 saturated heterocycles. The number of nitrogens with one attached hydrogen (secondary N) is 1. The number of nitrogens with zero attached hydrogens (tertiary/aromatic N) is 1. The van der Waals surface area contributed by atoms with E-state index in [4.69, 9.17) is 4.74 Å². The Balaban J connectivity index is 1.62. The molecule has 3 rings (SSSR count). The Kier molecular flexibility index (Phi) is 5.11. The Bertz CT molecular complexity index is 710. The summed E-state index contributed by atoms with van der Waals surface area (Å²) in [5, 5.41) is 3.26. The molecule has 2 aromatic rings. The molecule has 2 aromatic carbocycles. The summed E-state index contributed by atoms with van der Waals surface area (Å²) >= 11 is 0. The molecule has 24 heavy (non-hydrogen) atoms. The molecule has 1 heterocycles. The van der Waals surface area contributed by atoms with Gasteiger partial charge in [-0.25, -0.2) is 4.39 Å². The van der Waals surface area contributed by atoms with Crippen molar-refractivity contribution in [1.29, 1.82) is 0 Å². The summed E-state index contributed by atoms with van der Waals surface area (Å²) in [6, 6.07) is 12.2. The van der Waals surface area contributed by atoms with Crippen molar-refractivity contribution in [2.75, 3.05) is 31.6 Å². The van der Waals surface area contributed by atoms with Crippen LogP contribution in [0.15, 0.2) is 42.5 Å². The van der Waals surface area contributed by atoms with Crippen LogP contribution in [0.1, 0.15) is 21.5 Å². The summed E-state index contributed by atoms with van der Waals surface area (Å²) in [5.74, 6) is -0.199. The normalized spacial score (nSPS) is 14.5. The van der Waals surface area contributed by atoms with E-state index in [0.717, 1.165) is 16.8 Å². The highest BCUT2D eigenvalue weighted by Crippen LogP contribution is 2.16. The Morgan fingerprint density at radius 1 is 1.17 bits per heavy atom. The monoisotopic (exact) mass is 328 g/mol. The summed E-state index contributed by atoms with van der Waals surface area (Å²) < 4.78 is 18.6. The van der Waals surface area contributed by atoms with Crippen LogP contribution in [0.25, 0.3) is 0 Å². The number of amides is 1. The number of halogens is 1. The van der Waals surface area contributed by atoms with Crippen LogP contribution in [0, 0.1) is 12.7 Å². The third kappa shape index (κ3) is 3.92. The van der Waals surface area contributed by atoms with Crippen molar-refractivity contribution in [3.8, 4) is 0 Å². The molecule has 5 heteroatoms. The largest absolute Gasteiger partial charge is 0.381 e. The molecule has 1 N–H and O–H groups in total. The van der Waals surface area contributed by atoms with Crippen LogP contribution in [0.2, 0.25) is 0 Å². The average molecular weight is 328 g/mol. The standard InChI is InChI=1S/C19H21FN2O2/c1-14-2-5-17(20)12-16(14)13-21-18-6-3-15(4-7-18)19(23)22-8-10-24-11-9-22/h2-7,12,21H,8-11,13H2,1H3. The van der Waals surface area contributed by atoms with Crippen molar-refractivity contribution >= 4 is 11.6 Å². The summed E-state index contributed by atoms with van der Waals surface area (Å²) in [5.41, 5.74) is 3.54. The zero-order chi connectivity index (χ0) is 16.9. The van der Waals surface area contributed by atoms with Crippen molar-refractivity contribution in [2.24, 2.45) is 0 Å². The number of carbonyl (C=O) groups excluding carboxylic acids is 1. The first-order valence-corrected chi connectivity index (χ1v) is 8.09. The Morgan fingerprint density at radius 3 is 2.58 bits per heavy atom. The third-order valence-electron chi connectivity index (χ3n) is 4.22. The zero-order valence-electron chi connectivity index (χ0n) is 13.7. The van der Waals surface area contributed by atoms with Crippen molar-refractivity contribution in [1.82, 2.24) is 4.90 Å². The van der Waals surface area contributed by atoms with Crippen molar-refractivity contribution < 1.29 is 13.9 Å². The molecule has 0 aliphatic carbocycles. The van der Waals surface area contributed by atoms with Crippen molar-refractivity contribution in [3.05, 3.63) is 65.0 Å². The van der Waals surface area contributed by atoms with Crippen molar-refractivity contribution in [2.45, 2.75) is 13.5 Å². The molecule has 1 aliphatic rings. The van der Waals surface area contributed by atoms with Gasteiger partial charge < -0.3 is 15.0 Å². The van der Waals surface area contributed by atoms with Gasteiger partial charge in [0, 0.05) is 30.9 Å². The number of carbonyl (C=O) groups is 1. The molecule has 0 unspecified atom stereocenters. The number of benzene rings is 2. The highest BCUT2D eigenvalue weighted by molar-refractivity contribution is 5.94. The fraction of sp³-hybridized carbons (Fsp3) is 0.316. The summed E-state index contributed by atoms with van der Waals surface area (Å²) in [4.78, 5) is 14.2. The van der Waals surface area contributed by atoms with Gasteiger partial charge in [0.25, 0.3) is 5.91 Å². The first-order chi connectivity index (χ1) is 11.6. The summed E-state index contributed by atoms with van der Waals surface area (Å²) in [7, 11) is 0. The summed E-state index contributed by atoms with van der Waals surface area (Å²) in [6.45, 7) is 4.97. The first-order valence-electron chi connectivity index (χ1n) is 8.09. The quantitative estimate of drug-likeness (QED) is 0.937. The Hall–Kier alpha value is -2.40. The predicted molar refractivity (Wildman–Crippen MR) is 91.6 cm³/mol. The third-order valence-corrected chi connectivity index (χ3v) is 4.22. The van der Waals surface area contributed by atoms with Crippen LogP contribution >= 0.6 is 0 Å². The van der Waals surface area contributed by atoms with Gasteiger partial charge in [-0.05, 0) is 54.4 Å². The molecule has 0 spiro atoms. The van der Waals surface area contributed by atoms with E-state index in [9.17, 15) is 9.18 Å². The lowest BCUT2D eigenvalue weighted by Crippen LogP contribution is -2.40. The number of rotatable bonds is 4. The minimum atomic E-state index is -0.233. The van der Waals surface area contributed by atoms with Crippen LogP contribution in [0.4, 0.5) is 10.1 Å². The second-order valence-electron chi connectivity index (χ2n) is 5.91. The van der Waals surface area contributed by atoms with Crippen LogP contribution in [0.3, 0.4) is 0 Å². The van der Waals surface area contributed by atoms with Crippen LogP contribution in [-0.2, 0) is 11.3 Å². The van der Waals surface area contributed by atoms with Crippen molar-refractivity contribution in [3.63, 3.8) is 0 Å². The van der Waals surface area contributed by atoms with E-state index in [1.807, 2.05) is 36.1 Å². The number of hydrogen-bond donors (Lipinski definition) is 1. The number of aryl methyl sites for hydroxylation is 1. The van der Waals surface area contributed by atoms with Gasteiger partial charge in [-0.15, -0.1) is 0 Å². The van der Waals surface area contributed by atoms with Gasteiger partial charge in [-0.1, -0.05) is 6.07 Å². The molecular weight excluding hydrogens is 307 g/mol. The smallest absolute Gasteiger partial charge is 0.254 e. The first kappa shape index (κ1) is 16.5. The fourth-order valence-corrected chi connectivity index (χ4v) is 2.71. The maximum atomic E-state index is 13.3. The number of anilines is 1.